The predicted octanol–water partition coefficient (Wildman–Crippen LogP) is 2.95. The zero-order valence-electron chi connectivity index (χ0n) is 11.8. The van der Waals surface area contributed by atoms with Gasteiger partial charge in [0.25, 0.3) is 0 Å². The average molecular weight is 276 g/mol. The average Bonchev–Trinajstić information content (AvgIpc) is 2.85. The van der Waals surface area contributed by atoms with Crippen LogP contribution in [0.25, 0.3) is 0 Å². The second-order valence-corrected chi connectivity index (χ2v) is 6.90. The summed E-state index contributed by atoms with van der Waals surface area (Å²) in [6.07, 6.45) is 4.14. The van der Waals surface area contributed by atoms with E-state index < -0.39 is 0 Å². The molecule has 2 atom stereocenters. The molecule has 0 amide bonds. The molecule has 1 N–H and O–H groups in total. The van der Waals surface area contributed by atoms with Crippen molar-refractivity contribution >= 4 is 11.8 Å². The van der Waals surface area contributed by atoms with Crippen LogP contribution in [-0.2, 0) is 0 Å². The van der Waals surface area contributed by atoms with Crippen LogP contribution in [0.15, 0.2) is 29.2 Å². The van der Waals surface area contributed by atoms with Gasteiger partial charge in [-0.05, 0) is 38.1 Å². The van der Waals surface area contributed by atoms with Gasteiger partial charge in [-0.15, -0.1) is 11.8 Å². The minimum absolute atomic E-state index is 0.704. The molecule has 1 aromatic rings. The Morgan fingerprint density at radius 3 is 3.05 bits per heavy atom. The molecule has 0 spiro atoms. The van der Waals surface area contributed by atoms with Crippen LogP contribution in [0.1, 0.15) is 30.7 Å². The highest BCUT2D eigenvalue weighted by molar-refractivity contribution is 7.99. The quantitative estimate of drug-likeness (QED) is 0.910. The van der Waals surface area contributed by atoms with Crippen molar-refractivity contribution in [1.82, 2.24) is 10.2 Å². The fourth-order valence-electron chi connectivity index (χ4n) is 3.22. The molecule has 0 saturated carbocycles. The minimum Gasteiger partial charge on any atom is -0.315 e. The lowest BCUT2D eigenvalue weighted by Gasteiger charge is -2.32. The first kappa shape index (κ1) is 13.5. The molecular weight excluding hydrogens is 252 g/mol. The molecule has 2 unspecified atom stereocenters. The Morgan fingerprint density at radius 2 is 2.16 bits per heavy atom. The van der Waals surface area contributed by atoms with E-state index >= 15 is 0 Å². The van der Waals surface area contributed by atoms with Crippen LogP contribution in [0.4, 0.5) is 0 Å². The number of nitrogens with one attached hydrogen (secondary N) is 1. The van der Waals surface area contributed by atoms with Gasteiger partial charge in [-0.25, -0.2) is 0 Å². The van der Waals surface area contributed by atoms with Crippen molar-refractivity contribution in [3.63, 3.8) is 0 Å². The Morgan fingerprint density at radius 1 is 1.26 bits per heavy atom. The van der Waals surface area contributed by atoms with Gasteiger partial charge >= 0.3 is 0 Å². The summed E-state index contributed by atoms with van der Waals surface area (Å²) < 4.78 is 0. The van der Waals surface area contributed by atoms with E-state index in [9.17, 15) is 0 Å². The predicted molar refractivity (Wildman–Crippen MR) is 83.0 cm³/mol. The Labute approximate surface area is 121 Å². The van der Waals surface area contributed by atoms with Crippen molar-refractivity contribution in [3.8, 4) is 0 Å². The zero-order chi connectivity index (χ0) is 13.1. The second kappa shape index (κ2) is 6.29. The van der Waals surface area contributed by atoms with Crippen molar-refractivity contribution < 1.29 is 0 Å². The Kier molecular flexibility index (Phi) is 4.46. The number of likely N-dealkylation sites (tertiary alicyclic amines) is 1. The summed E-state index contributed by atoms with van der Waals surface area (Å²) in [6.45, 7) is 3.56. The van der Waals surface area contributed by atoms with Crippen molar-refractivity contribution in [2.75, 3.05) is 32.4 Å². The van der Waals surface area contributed by atoms with Gasteiger partial charge in [0.05, 0.1) is 0 Å². The second-order valence-electron chi connectivity index (χ2n) is 5.83. The number of likely N-dealkylation sites (N-methyl/N-ethyl adjacent to an activating group) is 1. The van der Waals surface area contributed by atoms with E-state index in [1.54, 1.807) is 5.56 Å². The SMILES string of the molecule is CN1CCCCC1CNCC1CSc2ccccc21. The molecule has 19 heavy (non-hydrogen) atoms. The Bertz CT molecular complexity index is 421. The van der Waals surface area contributed by atoms with Crippen LogP contribution in [0.2, 0.25) is 0 Å². The van der Waals surface area contributed by atoms with Gasteiger partial charge in [0.15, 0.2) is 0 Å². The van der Waals surface area contributed by atoms with Crippen LogP contribution < -0.4 is 5.32 Å². The third-order valence-corrected chi connectivity index (χ3v) is 5.74. The maximum absolute atomic E-state index is 3.71. The lowest BCUT2D eigenvalue weighted by Crippen LogP contribution is -2.43. The molecule has 0 aliphatic carbocycles. The molecule has 2 aliphatic rings. The maximum atomic E-state index is 3.71. The lowest BCUT2D eigenvalue weighted by atomic mass is 10.0. The topological polar surface area (TPSA) is 15.3 Å². The molecule has 0 radical (unpaired) electrons. The highest BCUT2D eigenvalue weighted by atomic mass is 32.2. The number of thioether (sulfide) groups is 1. The molecule has 0 bridgehead atoms. The maximum Gasteiger partial charge on any atom is 0.0217 e. The van der Waals surface area contributed by atoms with Crippen LogP contribution >= 0.6 is 11.8 Å². The fraction of sp³-hybridized carbons (Fsp3) is 0.625. The number of fused-ring (bicyclic) bond motifs is 1. The van der Waals surface area contributed by atoms with Crippen molar-refractivity contribution in [3.05, 3.63) is 29.8 Å². The lowest BCUT2D eigenvalue weighted by molar-refractivity contribution is 0.181. The molecule has 2 aliphatic heterocycles. The van der Waals surface area contributed by atoms with Crippen LogP contribution in [-0.4, -0.2) is 43.4 Å². The van der Waals surface area contributed by atoms with E-state index in [1.807, 2.05) is 11.8 Å². The van der Waals surface area contributed by atoms with Crippen LogP contribution in [0, 0.1) is 0 Å². The van der Waals surface area contributed by atoms with Crippen molar-refractivity contribution in [1.29, 1.82) is 0 Å². The van der Waals surface area contributed by atoms with Crippen LogP contribution in [0.3, 0.4) is 0 Å². The van der Waals surface area contributed by atoms with Gasteiger partial charge in [0.2, 0.25) is 0 Å². The summed E-state index contributed by atoms with van der Waals surface area (Å²) in [4.78, 5) is 4.01. The molecule has 1 fully saturated rings. The molecule has 3 rings (SSSR count). The molecular formula is C16H24N2S. The van der Waals surface area contributed by atoms with Crippen molar-refractivity contribution in [2.45, 2.75) is 36.1 Å². The summed E-state index contributed by atoms with van der Waals surface area (Å²) in [7, 11) is 2.27. The fourth-order valence-corrected chi connectivity index (χ4v) is 4.48. The normalized spacial score (nSPS) is 27.4. The smallest absolute Gasteiger partial charge is 0.0217 e. The van der Waals surface area contributed by atoms with Crippen LogP contribution in [0.5, 0.6) is 0 Å². The minimum atomic E-state index is 0.704. The number of rotatable bonds is 4. The molecule has 104 valence electrons. The van der Waals surface area contributed by atoms with Gasteiger partial charge in [0.1, 0.15) is 0 Å². The first-order chi connectivity index (χ1) is 9.34. The highest BCUT2D eigenvalue weighted by Crippen LogP contribution is 2.38. The van der Waals surface area contributed by atoms with E-state index in [1.165, 1.54) is 36.5 Å². The van der Waals surface area contributed by atoms with E-state index in [2.05, 4.69) is 41.5 Å². The summed E-state index contributed by atoms with van der Waals surface area (Å²) >= 11 is 2.01. The first-order valence-electron chi connectivity index (χ1n) is 7.47. The van der Waals surface area contributed by atoms with E-state index in [4.69, 9.17) is 0 Å². The van der Waals surface area contributed by atoms with Gasteiger partial charge in [-0.2, -0.15) is 0 Å². The highest BCUT2D eigenvalue weighted by Gasteiger charge is 2.23. The monoisotopic (exact) mass is 276 g/mol. The summed E-state index contributed by atoms with van der Waals surface area (Å²) in [5, 5.41) is 3.71. The number of benzene rings is 1. The third kappa shape index (κ3) is 3.15. The van der Waals surface area contributed by atoms with Gasteiger partial charge in [-0.1, -0.05) is 24.6 Å². The van der Waals surface area contributed by atoms with E-state index in [0.29, 0.717) is 5.92 Å². The largest absolute Gasteiger partial charge is 0.315 e. The summed E-state index contributed by atoms with van der Waals surface area (Å²) in [5.41, 5.74) is 1.55. The van der Waals surface area contributed by atoms with E-state index in [-0.39, 0.29) is 0 Å². The van der Waals surface area contributed by atoms with Gasteiger partial charge in [0, 0.05) is 35.7 Å². The number of hydrogen-bond donors (Lipinski definition) is 1. The molecule has 2 heterocycles. The molecule has 2 nitrogen and oxygen atoms in total. The molecule has 1 saturated heterocycles. The molecule has 3 heteroatoms. The standard InChI is InChI=1S/C16H24N2S/c1-18-9-5-4-6-14(18)11-17-10-13-12-19-16-8-3-2-7-15(13)16/h2-3,7-8,13-14,17H,4-6,9-12H2,1H3. The zero-order valence-corrected chi connectivity index (χ0v) is 12.6. The summed E-state index contributed by atoms with van der Waals surface area (Å²) in [6, 6.07) is 9.63. The molecule has 0 aromatic heterocycles. The third-order valence-electron chi connectivity index (χ3n) is 4.49. The Balaban J connectivity index is 1.48. The van der Waals surface area contributed by atoms with Crippen molar-refractivity contribution in [2.24, 2.45) is 0 Å². The number of piperidine rings is 1. The molecule has 1 aromatic carbocycles. The van der Waals surface area contributed by atoms with E-state index in [0.717, 1.165) is 19.1 Å². The first-order valence-corrected chi connectivity index (χ1v) is 8.46. The van der Waals surface area contributed by atoms with Gasteiger partial charge in [-0.3, -0.25) is 0 Å². The number of nitrogens with zero attached hydrogens (tertiary/aromatic N) is 1. The summed E-state index contributed by atoms with van der Waals surface area (Å²) in [5.74, 6) is 1.95. The Hall–Kier alpha value is -0.510. The number of hydrogen-bond acceptors (Lipinski definition) is 3. The van der Waals surface area contributed by atoms with Gasteiger partial charge < -0.3 is 10.2 Å².